The summed E-state index contributed by atoms with van der Waals surface area (Å²) in [5, 5.41) is 10.9. The first-order chi connectivity index (χ1) is 9.97. The second-order valence-electron chi connectivity index (χ2n) is 4.66. The van der Waals surface area contributed by atoms with Gasteiger partial charge in [0.25, 0.3) is 5.69 Å². The van der Waals surface area contributed by atoms with Crippen molar-refractivity contribution in [1.29, 1.82) is 0 Å². The van der Waals surface area contributed by atoms with Crippen LogP contribution in [0.2, 0.25) is 0 Å². The molecule has 0 radical (unpaired) electrons. The minimum absolute atomic E-state index is 0.00700. The van der Waals surface area contributed by atoms with E-state index in [4.69, 9.17) is 5.73 Å². The second kappa shape index (κ2) is 4.85. The van der Waals surface area contributed by atoms with Gasteiger partial charge in [-0.15, -0.1) is 0 Å². The van der Waals surface area contributed by atoms with E-state index in [2.05, 4.69) is 20.9 Å². The number of hydrogen-bond donors (Lipinski definition) is 1. The van der Waals surface area contributed by atoms with Crippen molar-refractivity contribution in [2.75, 3.05) is 5.73 Å². The van der Waals surface area contributed by atoms with Crippen molar-refractivity contribution in [2.45, 2.75) is 0 Å². The summed E-state index contributed by atoms with van der Waals surface area (Å²) in [6.07, 6.45) is 0. The molecule has 3 aromatic rings. The topological polar surface area (TPSA) is 87.0 Å². The average Bonchev–Trinajstić information content (AvgIpc) is 2.75. The maximum absolute atomic E-state index is 10.9. The first-order valence-electron chi connectivity index (χ1n) is 6.13. The highest BCUT2D eigenvalue weighted by Gasteiger charge is 2.16. The van der Waals surface area contributed by atoms with Crippen LogP contribution in [0.15, 0.2) is 40.9 Å². The zero-order chi connectivity index (χ0) is 15.1. The lowest BCUT2D eigenvalue weighted by Crippen LogP contribution is -1.98. The minimum Gasteiger partial charge on any atom is -0.398 e. The van der Waals surface area contributed by atoms with Crippen LogP contribution in [0, 0.1) is 10.1 Å². The van der Waals surface area contributed by atoms with Gasteiger partial charge in [0, 0.05) is 34.9 Å². The molecule has 0 aliphatic rings. The van der Waals surface area contributed by atoms with Gasteiger partial charge in [0.15, 0.2) is 0 Å². The van der Waals surface area contributed by atoms with Crippen molar-refractivity contribution in [2.24, 2.45) is 7.05 Å². The number of nitro groups is 1. The summed E-state index contributed by atoms with van der Waals surface area (Å²) < 4.78 is 2.80. The lowest BCUT2D eigenvalue weighted by atomic mass is 10.1. The van der Waals surface area contributed by atoms with Crippen molar-refractivity contribution < 1.29 is 4.92 Å². The van der Waals surface area contributed by atoms with Crippen molar-refractivity contribution in [3.63, 3.8) is 0 Å². The third-order valence-electron chi connectivity index (χ3n) is 3.33. The molecule has 1 heterocycles. The second-order valence-corrected chi connectivity index (χ2v) is 5.57. The van der Waals surface area contributed by atoms with Crippen molar-refractivity contribution in [1.82, 2.24) is 9.55 Å². The van der Waals surface area contributed by atoms with Crippen LogP contribution >= 0.6 is 15.9 Å². The number of nitrogens with zero attached hydrogens (tertiary/aromatic N) is 3. The lowest BCUT2D eigenvalue weighted by Gasteiger charge is -2.05. The number of rotatable bonds is 2. The van der Waals surface area contributed by atoms with Gasteiger partial charge in [0.2, 0.25) is 0 Å². The van der Waals surface area contributed by atoms with Crippen LogP contribution in [-0.2, 0) is 7.05 Å². The SMILES string of the molecule is Cn1c(-c2cc([N+](=O)[O-])ccc2N)nc2cc(Br)ccc21. The molecule has 0 aliphatic carbocycles. The molecule has 0 amide bonds. The molecule has 0 saturated heterocycles. The Morgan fingerprint density at radius 1 is 1.29 bits per heavy atom. The number of aromatic nitrogens is 2. The van der Waals surface area contributed by atoms with Gasteiger partial charge in [-0.25, -0.2) is 4.98 Å². The zero-order valence-electron chi connectivity index (χ0n) is 11.1. The van der Waals surface area contributed by atoms with Crippen LogP contribution in [0.25, 0.3) is 22.4 Å². The maximum atomic E-state index is 10.9. The molecule has 7 heteroatoms. The van der Waals surface area contributed by atoms with Gasteiger partial charge < -0.3 is 10.3 Å². The number of fused-ring (bicyclic) bond motifs is 1. The molecule has 2 aromatic carbocycles. The molecule has 0 fully saturated rings. The Morgan fingerprint density at radius 3 is 2.76 bits per heavy atom. The quantitative estimate of drug-likeness (QED) is 0.437. The third kappa shape index (κ3) is 2.25. The van der Waals surface area contributed by atoms with E-state index in [0.29, 0.717) is 17.1 Å². The number of aryl methyl sites for hydroxylation is 1. The van der Waals surface area contributed by atoms with Gasteiger partial charge in [0.1, 0.15) is 5.82 Å². The molecule has 21 heavy (non-hydrogen) atoms. The van der Waals surface area contributed by atoms with E-state index < -0.39 is 4.92 Å². The highest BCUT2D eigenvalue weighted by molar-refractivity contribution is 9.10. The molecule has 3 rings (SSSR count). The number of anilines is 1. The van der Waals surface area contributed by atoms with E-state index in [1.54, 1.807) is 0 Å². The molecule has 106 valence electrons. The Hall–Kier alpha value is -2.41. The highest BCUT2D eigenvalue weighted by Crippen LogP contribution is 2.31. The highest BCUT2D eigenvalue weighted by atomic mass is 79.9. The zero-order valence-corrected chi connectivity index (χ0v) is 12.7. The number of nitro benzene ring substituents is 1. The van der Waals surface area contributed by atoms with Crippen LogP contribution < -0.4 is 5.73 Å². The number of hydrogen-bond acceptors (Lipinski definition) is 4. The van der Waals surface area contributed by atoms with Gasteiger partial charge in [-0.3, -0.25) is 10.1 Å². The molecule has 1 aromatic heterocycles. The number of nitrogens with two attached hydrogens (primary N) is 1. The van der Waals surface area contributed by atoms with E-state index in [9.17, 15) is 10.1 Å². The fourth-order valence-electron chi connectivity index (χ4n) is 2.27. The van der Waals surface area contributed by atoms with Crippen LogP contribution in [-0.4, -0.2) is 14.5 Å². The van der Waals surface area contributed by atoms with E-state index in [0.717, 1.165) is 15.5 Å². The fraction of sp³-hybridized carbons (Fsp3) is 0.0714. The summed E-state index contributed by atoms with van der Waals surface area (Å²) in [6.45, 7) is 0. The Labute approximate surface area is 128 Å². The normalized spacial score (nSPS) is 11.0. The number of halogens is 1. The maximum Gasteiger partial charge on any atom is 0.270 e. The molecule has 0 bridgehead atoms. The molecule has 0 aliphatic heterocycles. The number of benzene rings is 2. The van der Waals surface area contributed by atoms with E-state index in [1.807, 2.05) is 29.8 Å². The van der Waals surface area contributed by atoms with Gasteiger partial charge in [-0.1, -0.05) is 15.9 Å². The van der Waals surface area contributed by atoms with Gasteiger partial charge in [-0.05, 0) is 24.3 Å². The molecule has 0 saturated carbocycles. The first-order valence-corrected chi connectivity index (χ1v) is 6.93. The van der Waals surface area contributed by atoms with Crippen molar-refractivity contribution in [3.8, 4) is 11.4 Å². The van der Waals surface area contributed by atoms with Crippen LogP contribution in [0.1, 0.15) is 0 Å². The molecular weight excluding hydrogens is 336 g/mol. The Kier molecular flexibility index (Phi) is 3.13. The fourth-order valence-corrected chi connectivity index (χ4v) is 2.61. The smallest absolute Gasteiger partial charge is 0.270 e. The van der Waals surface area contributed by atoms with Gasteiger partial charge in [-0.2, -0.15) is 0 Å². The summed E-state index contributed by atoms with van der Waals surface area (Å²) in [4.78, 5) is 15.0. The summed E-state index contributed by atoms with van der Waals surface area (Å²) in [6, 6.07) is 10.1. The molecule has 0 atom stereocenters. The molecule has 2 N–H and O–H groups in total. The molecule has 0 unspecified atom stereocenters. The van der Waals surface area contributed by atoms with Gasteiger partial charge >= 0.3 is 0 Å². The monoisotopic (exact) mass is 346 g/mol. The number of imidazole rings is 1. The largest absolute Gasteiger partial charge is 0.398 e. The standard InChI is InChI=1S/C14H11BrN4O2/c1-18-13-5-2-8(15)6-12(13)17-14(18)10-7-9(19(20)21)3-4-11(10)16/h2-7H,16H2,1H3. The lowest BCUT2D eigenvalue weighted by molar-refractivity contribution is -0.384. The van der Waals surface area contributed by atoms with Gasteiger partial charge in [0.05, 0.1) is 16.0 Å². The molecular formula is C14H11BrN4O2. The van der Waals surface area contributed by atoms with Crippen molar-refractivity contribution >= 4 is 38.3 Å². The van der Waals surface area contributed by atoms with Crippen LogP contribution in [0.5, 0.6) is 0 Å². The Morgan fingerprint density at radius 2 is 2.05 bits per heavy atom. The third-order valence-corrected chi connectivity index (χ3v) is 3.82. The summed E-state index contributed by atoms with van der Waals surface area (Å²) in [5.41, 5.74) is 8.69. The van der Waals surface area contributed by atoms with Crippen LogP contribution in [0.4, 0.5) is 11.4 Å². The predicted molar refractivity (Wildman–Crippen MR) is 84.9 cm³/mol. The van der Waals surface area contributed by atoms with E-state index in [-0.39, 0.29) is 5.69 Å². The molecule has 0 spiro atoms. The van der Waals surface area contributed by atoms with Crippen LogP contribution in [0.3, 0.4) is 0 Å². The minimum atomic E-state index is -0.442. The first kappa shape index (κ1) is 13.6. The van der Waals surface area contributed by atoms with Crippen molar-refractivity contribution in [3.05, 3.63) is 51.0 Å². The number of non-ortho nitro benzene ring substituents is 1. The predicted octanol–water partition coefficient (Wildman–Crippen LogP) is 3.49. The number of nitrogen functional groups attached to an aromatic ring is 1. The summed E-state index contributed by atoms with van der Waals surface area (Å²) in [7, 11) is 1.86. The summed E-state index contributed by atoms with van der Waals surface area (Å²) >= 11 is 3.40. The Balaban J connectivity index is 2.27. The summed E-state index contributed by atoms with van der Waals surface area (Å²) in [5.74, 6) is 0.601. The average molecular weight is 347 g/mol. The Bertz CT molecular complexity index is 873. The van der Waals surface area contributed by atoms with E-state index in [1.165, 1.54) is 18.2 Å². The molecule has 6 nitrogen and oxygen atoms in total. The van der Waals surface area contributed by atoms with E-state index >= 15 is 0 Å².